The first-order valence-corrected chi connectivity index (χ1v) is 29.0. The fourth-order valence-electron chi connectivity index (χ4n) is 6.10. The van der Waals surface area contributed by atoms with Gasteiger partial charge in [0.05, 0.1) is 0 Å². The molecule has 0 aliphatic carbocycles. The van der Waals surface area contributed by atoms with E-state index in [1.54, 1.807) is 0 Å². The van der Waals surface area contributed by atoms with Crippen molar-refractivity contribution in [3.63, 3.8) is 0 Å². The van der Waals surface area contributed by atoms with Gasteiger partial charge in [-0.15, -0.1) is 0 Å². The maximum atomic E-state index is 4.83. The normalized spacial score (nSPS) is 8.95. The molecule has 0 saturated carbocycles. The van der Waals surface area contributed by atoms with Gasteiger partial charge in [0.1, 0.15) is 0 Å². The summed E-state index contributed by atoms with van der Waals surface area (Å²) in [6.45, 7) is 0. The average Bonchev–Trinajstić information content (AvgIpc) is 3.43. The molecule has 0 saturated heterocycles. The van der Waals surface area contributed by atoms with Gasteiger partial charge in [-0.2, -0.15) is 46.0 Å². The molecule has 0 nitrogen and oxygen atoms in total. The summed E-state index contributed by atoms with van der Waals surface area (Å²) in [5.41, 5.74) is 10.7. The smallest absolute Gasteiger partial charge is 0.792 e. The van der Waals surface area contributed by atoms with Crippen molar-refractivity contribution in [2.45, 2.75) is 51.4 Å². The van der Waals surface area contributed by atoms with Gasteiger partial charge in [-0.3, -0.25) is 0 Å². The average molecular weight is 1330 g/mol. The van der Waals surface area contributed by atoms with Crippen molar-refractivity contribution in [1.29, 1.82) is 0 Å². The van der Waals surface area contributed by atoms with Gasteiger partial charge >= 0.3 is 66.0 Å². The second-order valence-corrected chi connectivity index (χ2v) is 18.8. The molecule has 416 valence electrons. The maximum absolute atomic E-state index is 4.83. The Balaban J connectivity index is -0.000000387. The second-order valence-electron chi connectivity index (χ2n) is 15.5. The first kappa shape index (κ1) is 81.0. The van der Waals surface area contributed by atoms with Crippen LogP contribution < -0.4 is 0 Å². The van der Waals surface area contributed by atoms with Crippen molar-refractivity contribution in [1.82, 2.24) is 0 Å². The van der Waals surface area contributed by atoms with E-state index >= 15 is 0 Å². The molecule has 8 aromatic carbocycles. The first-order valence-electron chi connectivity index (χ1n) is 24.4. The Bertz CT molecular complexity index is 1780. The monoisotopic (exact) mass is 1330 g/mol. The van der Waals surface area contributed by atoms with Gasteiger partial charge in [-0.05, 0) is 95.9 Å². The standard InChI is InChI=1S/8C8H10S.4Ni/c8*9-7-6-8-4-2-1-3-5-8;;;;/h8*1-5,9H,6-7H2;;;;/q;;;;;;;;4*+2/p-8. The number of hydrogen-bond donors (Lipinski definition) is 0. The van der Waals surface area contributed by atoms with Crippen LogP contribution in [0.5, 0.6) is 0 Å². The molecule has 8 rings (SSSR count). The van der Waals surface area contributed by atoms with E-state index in [0.29, 0.717) is 0 Å². The molecule has 0 heterocycles. The molecule has 8 aromatic rings. The van der Waals surface area contributed by atoms with Crippen LogP contribution in [-0.4, -0.2) is 46.0 Å². The van der Waals surface area contributed by atoms with Crippen LogP contribution in [0.3, 0.4) is 0 Å². The minimum Gasteiger partial charge on any atom is -0.792 e. The molecule has 0 atom stereocenters. The molecule has 0 unspecified atom stereocenters. The molecule has 12 heteroatoms. The molecular weight excluding hydrogens is 1260 g/mol. The van der Waals surface area contributed by atoms with E-state index in [2.05, 4.69) is 97.1 Å². The van der Waals surface area contributed by atoms with Crippen molar-refractivity contribution in [3.05, 3.63) is 287 Å². The zero-order valence-corrected chi connectivity index (χ0v) is 53.4. The van der Waals surface area contributed by atoms with E-state index in [-0.39, 0.29) is 66.0 Å². The van der Waals surface area contributed by atoms with E-state index in [1.807, 2.05) is 146 Å². The molecular formula is C64H72Ni4S8. The predicted octanol–water partition coefficient (Wildman–Crippen LogP) is 14.2. The van der Waals surface area contributed by atoms with Gasteiger partial charge in [-0.25, -0.2) is 0 Å². The van der Waals surface area contributed by atoms with Crippen LogP contribution >= 0.6 is 0 Å². The van der Waals surface area contributed by atoms with E-state index in [9.17, 15) is 0 Å². The summed E-state index contributed by atoms with van der Waals surface area (Å²) in [5.74, 6) is 6.59. The number of benzene rings is 8. The summed E-state index contributed by atoms with van der Waals surface area (Å²) >= 11 is 38.7. The fraction of sp³-hybridized carbons (Fsp3) is 0.250. The topological polar surface area (TPSA) is 0 Å². The summed E-state index contributed by atoms with van der Waals surface area (Å²) in [4.78, 5) is 0. The maximum Gasteiger partial charge on any atom is 2.00 e. The quantitative estimate of drug-likeness (QED) is 0.0685. The Morgan fingerprint density at radius 2 is 0.224 bits per heavy atom. The van der Waals surface area contributed by atoms with E-state index in [0.717, 1.165) is 97.4 Å². The van der Waals surface area contributed by atoms with Crippen LogP contribution in [-0.2, 0) is 218 Å². The van der Waals surface area contributed by atoms with Gasteiger partial charge in [0.25, 0.3) is 0 Å². The Labute approximate surface area is 545 Å². The van der Waals surface area contributed by atoms with Gasteiger partial charge in [-0.1, -0.05) is 243 Å². The molecule has 0 N–H and O–H groups in total. The van der Waals surface area contributed by atoms with Gasteiger partial charge in [0, 0.05) is 0 Å². The van der Waals surface area contributed by atoms with Crippen LogP contribution in [0.2, 0.25) is 0 Å². The Morgan fingerprint density at radius 3 is 0.289 bits per heavy atom. The molecule has 0 fully saturated rings. The summed E-state index contributed by atoms with van der Waals surface area (Å²) in [5, 5.41) is 0. The Morgan fingerprint density at radius 1 is 0.145 bits per heavy atom. The van der Waals surface area contributed by atoms with Crippen molar-refractivity contribution in [2.24, 2.45) is 0 Å². The SMILES string of the molecule is [Ni+2].[Ni+2].[Ni+2].[Ni+2].[S-]CCc1ccccc1.[S-]CCc1ccccc1.[S-]CCc1ccccc1.[S-]CCc1ccccc1.[S-]CCc1ccccc1.[S-]CCc1ccccc1.[S-]CCc1ccccc1.[S-]CCc1ccccc1. The zero-order chi connectivity index (χ0) is 52.2. The largest absolute Gasteiger partial charge is 2.00 e. The van der Waals surface area contributed by atoms with Crippen LogP contribution in [0, 0.1) is 0 Å². The summed E-state index contributed by atoms with van der Waals surface area (Å²) in [6.07, 6.45) is 8.19. The molecule has 0 aliphatic rings. The first-order chi connectivity index (χ1) is 35.5. The van der Waals surface area contributed by atoms with Crippen LogP contribution in [0.1, 0.15) is 44.5 Å². The summed E-state index contributed by atoms with van der Waals surface area (Å²) in [7, 11) is 0. The molecule has 76 heavy (non-hydrogen) atoms. The molecule has 0 bridgehead atoms. The third kappa shape index (κ3) is 49.6. The minimum atomic E-state index is 0. The third-order valence-electron chi connectivity index (χ3n) is 9.87. The van der Waals surface area contributed by atoms with Crippen molar-refractivity contribution < 1.29 is 66.0 Å². The predicted molar refractivity (Wildman–Crippen MR) is 339 cm³/mol. The summed E-state index contributed by atoms with van der Waals surface area (Å²) in [6, 6.07) is 82.5. The van der Waals surface area contributed by atoms with E-state index in [1.165, 1.54) is 44.5 Å². The molecule has 0 aliphatic heterocycles. The Hall–Kier alpha value is -1.47. The number of aryl methyl sites for hydroxylation is 8. The van der Waals surface area contributed by atoms with Crippen molar-refractivity contribution >= 4 is 101 Å². The molecule has 0 aromatic heterocycles. The van der Waals surface area contributed by atoms with Crippen LogP contribution in [0.25, 0.3) is 0 Å². The van der Waals surface area contributed by atoms with Gasteiger partial charge < -0.3 is 101 Å². The number of hydrogen-bond acceptors (Lipinski definition) is 8. The van der Waals surface area contributed by atoms with Crippen LogP contribution in [0.15, 0.2) is 243 Å². The zero-order valence-electron chi connectivity index (χ0n) is 42.9. The van der Waals surface area contributed by atoms with Crippen LogP contribution in [0.4, 0.5) is 0 Å². The minimum absolute atomic E-state index is 0. The van der Waals surface area contributed by atoms with E-state index < -0.39 is 0 Å². The summed E-state index contributed by atoms with van der Waals surface area (Å²) < 4.78 is 0. The van der Waals surface area contributed by atoms with E-state index in [4.69, 9.17) is 101 Å². The van der Waals surface area contributed by atoms with Gasteiger partial charge in [0.2, 0.25) is 0 Å². The fourth-order valence-corrected chi connectivity index (χ4v) is 7.99. The van der Waals surface area contributed by atoms with Gasteiger partial charge in [0.15, 0.2) is 0 Å². The molecule has 0 spiro atoms. The second kappa shape index (κ2) is 62.7. The van der Waals surface area contributed by atoms with Crippen molar-refractivity contribution in [3.8, 4) is 0 Å². The molecule has 0 amide bonds. The molecule has 0 radical (unpaired) electrons. The van der Waals surface area contributed by atoms with Crippen molar-refractivity contribution in [2.75, 3.05) is 46.0 Å². The number of rotatable bonds is 16. The third-order valence-corrected chi connectivity index (χ3v) is 11.5. The Kier molecular flexibility index (Phi) is 66.9.